The van der Waals surface area contributed by atoms with Gasteiger partial charge in [-0.25, -0.2) is 4.39 Å². The summed E-state index contributed by atoms with van der Waals surface area (Å²) in [6.45, 7) is -0.383. The zero-order valence-corrected chi connectivity index (χ0v) is 11.6. The Balaban J connectivity index is 2.62. The summed E-state index contributed by atoms with van der Waals surface area (Å²) in [5.74, 6) is -0.956. The van der Waals surface area contributed by atoms with Gasteiger partial charge in [-0.3, -0.25) is 9.69 Å². The largest absolute Gasteiger partial charge is 0.401 e. The van der Waals surface area contributed by atoms with Crippen LogP contribution in [0.2, 0.25) is 0 Å². The molecular weight excluding hydrogens is 290 g/mol. The molecule has 0 saturated heterocycles. The SMILES string of the molecule is Cc1ccc(C(=O)CCN(CCO)CC(F)(F)F)cc1F. The molecule has 0 radical (unpaired) electrons. The number of alkyl halides is 3. The number of nitrogens with zero attached hydrogens (tertiary/aromatic N) is 1. The summed E-state index contributed by atoms with van der Waals surface area (Å²) in [6.07, 6.45) is -4.56. The van der Waals surface area contributed by atoms with Gasteiger partial charge in [-0.2, -0.15) is 13.2 Å². The summed E-state index contributed by atoms with van der Waals surface area (Å²) < 4.78 is 50.3. The lowest BCUT2D eigenvalue weighted by molar-refractivity contribution is -0.146. The highest BCUT2D eigenvalue weighted by Crippen LogP contribution is 2.17. The van der Waals surface area contributed by atoms with E-state index in [-0.39, 0.29) is 25.1 Å². The summed E-state index contributed by atoms with van der Waals surface area (Å²) in [5, 5.41) is 8.74. The minimum absolute atomic E-state index is 0.133. The second-order valence-corrected chi connectivity index (χ2v) is 4.75. The van der Waals surface area contributed by atoms with Crippen LogP contribution in [0.3, 0.4) is 0 Å². The number of aliphatic hydroxyl groups is 1. The predicted octanol–water partition coefficient (Wildman–Crippen LogP) is 2.56. The summed E-state index contributed by atoms with van der Waals surface area (Å²) in [4.78, 5) is 12.8. The first kappa shape index (κ1) is 17.6. The molecule has 118 valence electrons. The van der Waals surface area contributed by atoms with E-state index >= 15 is 0 Å². The van der Waals surface area contributed by atoms with Crippen molar-refractivity contribution in [1.82, 2.24) is 4.90 Å². The van der Waals surface area contributed by atoms with Crippen LogP contribution in [0.25, 0.3) is 0 Å². The highest BCUT2D eigenvalue weighted by molar-refractivity contribution is 5.96. The molecule has 1 aromatic rings. The molecule has 1 rings (SSSR count). The molecular formula is C14H17F4NO2. The number of aryl methyl sites for hydroxylation is 1. The summed E-state index contributed by atoms with van der Waals surface area (Å²) in [5.41, 5.74) is 0.527. The molecule has 0 unspecified atom stereocenters. The highest BCUT2D eigenvalue weighted by atomic mass is 19.4. The van der Waals surface area contributed by atoms with Crippen LogP contribution < -0.4 is 0 Å². The van der Waals surface area contributed by atoms with Crippen molar-refractivity contribution in [2.75, 3.05) is 26.2 Å². The molecule has 0 aliphatic heterocycles. The molecule has 0 spiro atoms. The van der Waals surface area contributed by atoms with Crippen molar-refractivity contribution in [3.05, 3.63) is 35.1 Å². The Labute approximate surface area is 120 Å². The number of carbonyl (C=O) groups is 1. The van der Waals surface area contributed by atoms with Gasteiger partial charge in [0.05, 0.1) is 13.2 Å². The molecule has 21 heavy (non-hydrogen) atoms. The third kappa shape index (κ3) is 6.22. The minimum atomic E-state index is -4.39. The van der Waals surface area contributed by atoms with Crippen molar-refractivity contribution < 1.29 is 27.5 Å². The van der Waals surface area contributed by atoms with Gasteiger partial charge in [-0.05, 0) is 18.6 Å². The van der Waals surface area contributed by atoms with Crippen molar-refractivity contribution in [3.8, 4) is 0 Å². The number of ketones is 1. The molecule has 0 aliphatic carbocycles. The molecule has 0 aliphatic rings. The van der Waals surface area contributed by atoms with Gasteiger partial charge in [0.2, 0.25) is 0 Å². The second kappa shape index (κ2) is 7.51. The first-order chi connectivity index (χ1) is 9.73. The van der Waals surface area contributed by atoms with E-state index < -0.39 is 30.9 Å². The first-order valence-electron chi connectivity index (χ1n) is 6.42. The van der Waals surface area contributed by atoms with Crippen LogP contribution >= 0.6 is 0 Å². The van der Waals surface area contributed by atoms with E-state index in [1.165, 1.54) is 12.1 Å². The quantitative estimate of drug-likeness (QED) is 0.622. The Morgan fingerprint density at radius 2 is 1.95 bits per heavy atom. The Morgan fingerprint density at radius 1 is 1.29 bits per heavy atom. The zero-order chi connectivity index (χ0) is 16.0. The predicted molar refractivity (Wildman–Crippen MR) is 69.7 cm³/mol. The Bertz CT molecular complexity index is 488. The molecule has 0 amide bonds. The Kier molecular flexibility index (Phi) is 6.29. The summed E-state index contributed by atoms with van der Waals surface area (Å²) in [7, 11) is 0. The number of hydrogen-bond acceptors (Lipinski definition) is 3. The molecule has 0 bridgehead atoms. The number of Topliss-reactive ketones (excluding diaryl/α,β-unsaturated/α-hetero) is 1. The number of carbonyl (C=O) groups excluding carboxylic acids is 1. The van der Waals surface area contributed by atoms with Gasteiger partial charge in [0, 0.05) is 25.1 Å². The minimum Gasteiger partial charge on any atom is -0.395 e. The molecule has 0 saturated carbocycles. The monoisotopic (exact) mass is 307 g/mol. The Morgan fingerprint density at radius 3 is 2.48 bits per heavy atom. The molecule has 3 nitrogen and oxygen atoms in total. The van der Waals surface area contributed by atoms with Gasteiger partial charge in [0.15, 0.2) is 5.78 Å². The first-order valence-corrected chi connectivity index (χ1v) is 6.42. The zero-order valence-electron chi connectivity index (χ0n) is 11.6. The van der Waals surface area contributed by atoms with E-state index in [1.54, 1.807) is 6.92 Å². The van der Waals surface area contributed by atoms with Crippen molar-refractivity contribution in [2.45, 2.75) is 19.5 Å². The maximum atomic E-state index is 13.3. The van der Waals surface area contributed by atoms with Gasteiger partial charge in [-0.15, -0.1) is 0 Å². The van der Waals surface area contributed by atoms with Crippen LogP contribution in [0.1, 0.15) is 22.3 Å². The highest BCUT2D eigenvalue weighted by Gasteiger charge is 2.30. The van der Waals surface area contributed by atoms with Gasteiger partial charge in [0.25, 0.3) is 0 Å². The lowest BCUT2D eigenvalue weighted by atomic mass is 10.1. The molecule has 0 aromatic heterocycles. The fourth-order valence-corrected chi connectivity index (χ4v) is 1.84. The van der Waals surface area contributed by atoms with E-state index in [4.69, 9.17) is 5.11 Å². The maximum absolute atomic E-state index is 13.3. The molecule has 0 atom stereocenters. The van der Waals surface area contributed by atoms with Crippen LogP contribution in [0.4, 0.5) is 17.6 Å². The lowest BCUT2D eigenvalue weighted by Crippen LogP contribution is -2.37. The van der Waals surface area contributed by atoms with Gasteiger partial charge >= 0.3 is 6.18 Å². The summed E-state index contributed by atoms with van der Waals surface area (Å²) in [6, 6.07) is 3.97. The van der Waals surface area contributed by atoms with Crippen LogP contribution in [-0.4, -0.2) is 48.2 Å². The average molecular weight is 307 g/mol. The van der Waals surface area contributed by atoms with E-state index in [9.17, 15) is 22.4 Å². The van der Waals surface area contributed by atoms with Crippen molar-refractivity contribution in [3.63, 3.8) is 0 Å². The van der Waals surface area contributed by atoms with Crippen LogP contribution in [0, 0.1) is 12.7 Å². The standard InChI is InChI=1S/C14H17F4NO2/c1-10-2-3-11(8-12(10)15)13(21)4-5-19(6-7-20)9-14(16,17)18/h2-3,8,20H,4-7,9H2,1H3. The molecule has 0 heterocycles. The fourth-order valence-electron chi connectivity index (χ4n) is 1.84. The number of hydrogen-bond donors (Lipinski definition) is 1. The summed E-state index contributed by atoms with van der Waals surface area (Å²) >= 11 is 0. The van der Waals surface area contributed by atoms with Crippen LogP contribution in [0.5, 0.6) is 0 Å². The van der Waals surface area contributed by atoms with E-state index in [2.05, 4.69) is 0 Å². The van der Waals surface area contributed by atoms with Gasteiger partial charge in [-0.1, -0.05) is 12.1 Å². The second-order valence-electron chi connectivity index (χ2n) is 4.75. The van der Waals surface area contributed by atoms with Crippen molar-refractivity contribution in [1.29, 1.82) is 0 Å². The average Bonchev–Trinajstić information content (AvgIpc) is 2.37. The van der Waals surface area contributed by atoms with Crippen molar-refractivity contribution in [2.24, 2.45) is 0 Å². The third-order valence-electron chi connectivity index (χ3n) is 2.97. The van der Waals surface area contributed by atoms with Crippen LogP contribution in [0.15, 0.2) is 18.2 Å². The molecule has 0 fully saturated rings. The number of halogens is 4. The fraction of sp³-hybridized carbons (Fsp3) is 0.500. The van der Waals surface area contributed by atoms with Crippen LogP contribution in [-0.2, 0) is 0 Å². The van der Waals surface area contributed by atoms with E-state index in [0.29, 0.717) is 5.56 Å². The number of aliphatic hydroxyl groups excluding tert-OH is 1. The number of benzene rings is 1. The Hall–Kier alpha value is -1.47. The number of rotatable bonds is 7. The third-order valence-corrected chi connectivity index (χ3v) is 2.97. The molecule has 1 N–H and O–H groups in total. The van der Waals surface area contributed by atoms with Gasteiger partial charge < -0.3 is 5.11 Å². The van der Waals surface area contributed by atoms with E-state index in [0.717, 1.165) is 11.0 Å². The lowest BCUT2D eigenvalue weighted by Gasteiger charge is -2.22. The molecule has 1 aromatic carbocycles. The van der Waals surface area contributed by atoms with E-state index in [1.807, 2.05) is 0 Å². The van der Waals surface area contributed by atoms with Crippen molar-refractivity contribution >= 4 is 5.78 Å². The topological polar surface area (TPSA) is 40.5 Å². The normalized spacial score (nSPS) is 12.0. The molecule has 7 heteroatoms. The smallest absolute Gasteiger partial charge is 0.395 e. The van der Waals surface area contributed by atoms with Gasteiger partial charge in [0.1, 0.15) is 5.82 Å². The maximum Gasteiger partial charge on any atom is 0.401 e.